The summed E-state index contributed by atoms with van der Waals surface area (Å²) >= 11 is 4.93. The molecular formula is C12H11F3N4S. The summed E-state index contributed by atoms with van der Waals surface area (Å²) in [5, 5.41) is 3.70. The lowest BCUT2D eigenvalue weighted by atomic mass is 10.1. The molecule has 0 radical (unpaired) electrons. The third-order valence-corrected chi connectivity index (χ3v) is 2.90. The highest BCUT2D eigenvalue weighted by Gasteiger charge is 2.32. The van der Waals surface area contributed by atoms with Crippen molar-refractivity contribution in [3.05, 3.63) is 40.8 Å². The molecule has 0 amide bonds. The van der Waals surface area contributed by atoms with Gasteiger partial charge in [0.1, 0.15) is 4.99 Å². The number of hydrogen-bond acceptors (Lipinski definition) is 3. The average molecular weight is 300 g/mol. The van der Waals surface area contributed by atoms with E-state index in [2.05, 4.69) is 10.1 Å². The average Bonchev–Trinajstić information content (AvgIpc) is 2.75. The first-order chi connectivity index (χ1) is 9.20. The summed E-state index contributed by atoms with van der Waals surface area (Å²) in [5.41, 5.74) is 6.57. The van der Waals surface area contributed by atoms with E-state index >= 15 is 0 Å². The molecule has 0 saturated heterocycles. The summed E-state index contributed by atoms with van der Waals surface area (Å²) in [6.07, 6.45) is -2.85. The molecule has 20 heavy (non-hydrogen) atoms. The largest absolute Gasteiger partial charge is 0.419 e. The van der Waals surface area contributed by atoms with E-state index in [1.165, 1.54) is 0 Å². The maximum Gasteiger partial charge on any atom is 0.419 e. The molecule has 0 fully saturated rings. The molecular weight excluding hydrogens is 289 g/mol. The molecule has 0 aliphatic rings. The Hall–Kier alpha value is -1.96. The van der Waals surface area contributed by atoms with Crippen molar-refractivity contribution in [1.82, 2.24) is 14.8 Å². The van der Waals surface area contributed by atoms with Gasteiger partial charge in [0.05, 0.1) is 17.3 Å². The molecule has 0 spiro atoms. The second kappa shape index (κ2) is 4.86. The monoisotopic (exact) mass is 300 g/mol. The fourth-order valence-corrected chi connectivity index (χ4v) is 2.12. The van der Waals surface area contributed by atoms with Gasteiger partial charge >= 0.3 is 6.18 Å². The van der Waals surface area contributed by atoms with Crippen LogP contribution in [0.25, 0.3) is 5.82 Å². The van der Waals surface area contributed by atoms with Crippen molar-refractivity contribution in [3.8, 4) is 5.82 Å². The third kappa shape index (κ3) is 2.64. The van der Waals surface area contributed by atoms with Crippen LogP contribution >= 0.6 is 12.2 Å². The van der Waals surface area contributed by atoms with E-state index in [0.717, 1.165) is 22.6 Å². The van der Waals surface area contributed by atoms with Gasteiger partial charge in [0, 0.05) is 11.9 Å². The highest BCUT2D eigenvalue weighted by Crippen LogP contribution is 2.29. The fourth-order valence-electron chi connectivity index (χ4n) is 1.87. The molecule has 0 atom stereocenters. The zero-order chi connectivity index (χ0) is 15.1. The number of pyridine rings is 1. The van der Waals surface area contributed by atoms with Crippen molar-refractivity contribution >= 4 is 17.2 Å². The molecule has 2 N–H and O–H groups in total. The van der Waals surface area contributed by atoms with Crippen LogP contribution < -0.4 is 5.73 Å². The Morgan fingerprint density at radius 2 is 2.00 bits per heavy atom. The van der Waals surface area contributed by atoms with Gasteiger partial charge < -0.3 is 5.73 Å². The van der Waals surface area contributed by atoms with Gasteiger partial charge in [-0.3, -0.25) is 0 Å². The number of nitrogens with zero attached hydrogens (tertiary/aromatic N) is 3. The molecule has 0 bridgehead atoms. The highest BCUT2D eigenvalue weighted by molar-refractivity contribution is 7.80. The standard InChI is InChI=1S/C12H11F3N4S/c1-6-3-7(2)18-11(9(6)10(16)20)19-5-8(4-17-19)12(13,14)15/h3-5H,1-2H3,(H2,16,20). The minimum Gasteiger partial charge on any atom is -0.389 e. The molecule has 0 saturated carbocycles. The lowest BCUT2D eigenvalue weighted by molar-refractivity contribution is -0.137. The van der Waals surface area contributed by atoms with Gasteiger partial charge in [0.15, 0.2) is 5.82 Å². The van der Waals surface area contributed by atoms with Crippen LogP contribution in [0.1, 0.15) is 22.4 Å². The first kappa shape index (κ1) is 14.4. The number of halogens is 3. The fraction of sp³-hybridized carbons (Fsp3) is 0.250. The van der Waals surface area contributed by atoms with Crippen LogP contribution in [0.5, 0.6) is 0 Å². The minimum atomic E-state index is -4.46. The summed E-state index contributed by atoms with van der Waals surface area (Å²) in [5.74, 6) is 0.200. The Kier molecular flexibility index (Phi) is 3.51. The molecule has 4 nitrogen and oxygen atoms in total. The molecule has 0 unspecified atom stereocenters. The Labute approximate surface area is 118 Å². The minimum absolute atomic E-state index is 0.0639. The van der Waals surface area contributed by atoms with Gasteiger partial charge in [-0.2, -0.15) is 18.3 Å². The van der Waals surface area contributed by atoms with Crippen molar-refractivity contribution < 1.29 is 13.2 Å². The Balaban J connectivity index is 2.63. The van der Waals surface area contributed by atoms with E-state index in [4.69, 9.17) is 18.0 Å². The van der Waals surface area contributed by atoms with Crippen LogP contribution in [0.3, 0.4) is 0 Å². The first-order valence-electron chi connectivity index (χ1n) is 5.60. The lowest BCUT2D eigenvalue weighted by Crippen LogP contribution is -2.17. The van der Waals surface area contributed by atoms with Crippen LogP contribution in [0.15, 0.2) is 18.5 Å². The van der Waals surface area contributed by atoms with Crippen LogP contribution in [0, 0.1) is 13.8 Å². The zero-order valence-corrected chi connectivity index (χ0v) is 11.5. The number of hydrogen-bond donors (Lipinski definition) is 1. The van der Waals surface area contributed by atoms with Crippen molar-refractivity contribution in [2.75, 3.05) is 0 Å². The second-order valence-electron chi connectivity index (χ2n) is 4.31. The van der Waals surface area contributed by atoms with Gasteiger partial charge in [0.25, 0.3) is 0 Å². The molecule has 2 aromatic rings. The summed E-state index contributed by atoms with van der Waals surface area (Å²) in [6.45, 7) is 3.49. The molecule has 2 heterocycles. The van der Waals surface area contributed by atoms with E-state index in [9.17, 15) is 13.2 Å². The maximum absolute atomic E-state index is 12.6. The predicted molar refractivity (Wildman–Crippen MR) is 71.7 cm³/mol. The second-order valence-corrected chi connectivity index (χ2v) is 4.75. The Morgan fingerprint density at radius 1 is 1.35 bits per heavy atom. The van der Waals surface area contributed by atoms with Crippen molar-refractivity contribution in [3.63, 3.8) is 0 Å². The summed E-state index contributed by atoms with van der Waals surface area (Å²) in [7, 11) is 0. The van der Waals surface area contributed by atoms with Gasteiger partial charge in [-0.05, 0) is 25.5 Å². The number of aromatic nitrogens is 3. The SMILES string of the molecule is Cc1cc(C)c(C(N)=S)c(-n2cc(C(F)(F)F)cn2)n1. The quantitative estimate of drug-likeness (QED) is 0.866. The van der Waals surface area contributed by atoms with Gasteiger partial charge in [-0.25, -0.2) is 9.67 Å². The zero-order valence-electron chi connectivity index (χ0n) is 10.7. The molecule has 2 aromatic heterocycles. The van der Waals surface area contributed by atoms with E-state index in [-0.39, 0.29) is 10.8 Å². The Bertz CT molecular complexity index is 676. The van der Waals surface area contributed by atoms with Gasteiger partial charge in [0.2, 0.25) is 0 Å². The summed E-state index contributed by atoms with van der Waals surface area (Å²) in [6, 6.07) is 1.76. The van der Waals surface area contributed by atoms with E-state index in [1.807, 2.05) is 0 Å². The summed E-state index contributed by atoms with van der Waals surface area (Å²) in [4.78, 5) is 4.25. The van der Waals surface area contributed by atoms with E-state index < -0.39 is 11.7 Å². The Morgan fingerprint density at radius 3 is 2.50 bits per heavy atom. The molecule has 2 rings (SSSR count). The van der Waals surface area contributed by atoms with Crippen molar-refractivity contribution in [1.29, 1.82) is 0 Å². The molecule has 8 heteroatoms. The number of rotatable bonds is 2. The van der Waals surface area contributed by atoms with E-state index in [0.29, 0.717) is 11.3 Å². The van der Waals surface area contributed by atoms with Crippen molar-refractivity contribution in [2.45, 2.75) is 20.0 Å². The van der Waals surface area contributed by atoms with Crippen LogP contribution in [0.2, 0.25) is 0 Å². The van der Waals surface area contributed by atoms with Crippen LogP contribution in [-0.2, 0) is 6.18 Å². The predicted octanol–water partition coefficient (Wildman–Crippen LogP) is 2.54. The highest BCUT2D eigenvalue weighted by atomic mass is 32.1. The molecule has 106 valence electrons. The van der Waals surface area contributed by atoms with Crippen LogP contribution in [-0.4, -0.2) is 19.8 Å². The molecule has 0 aromatic carbocycles. The third-order valence-electron chi connectivity index (χ3n) is 2.70. The number of nitrogens with two attached hydrogens (primary N) is 1. The van der Waals surface area contributed by atoms with Crippen molar-refractivity contribution in [2.24, 2.45) is 5.73 Å². The summed E-state index contributed by atoms with van der Waals surface area (Å²) < 4.78 is 38.9. The molecule has 0 aliphatic heterocycles. The number of alkyl halides is 3. The first-order valence-corrected chi connectivity index (χ1v) is 6.01. The number of aryl methyl sites for hydroxylation is 2. The van der Waals surface area contributed by atoms with E-state index in [1.54, 1.807) is 19.9 Å². The molecule has 0 aliphatic carbocycles. The smallest absolute Gasteiger partial charge is 0.389 e. The lowest BCUT2D eigenvalue weighted by Gasteiger charge is -2.11. The van der Waals surface area contributed by atoms with Gasteiger partial charge in [-0.15, -0.1) is 0 Å². The topological polar surface area (TPSA) is 56.7 Å². The maximum atomic E-state index is 12.6. The normalized spacial score (nSPS) is 11.7. The number of thiocarbonyl (C=S) groups is 1. The van der Waals surface area contributed by atoms with Gasteiger partial charge in [-0.1, -0.05) is 12.2 Å². The van der Waals surface area contributed by atoms with Crippen LogP contribution in [0.4, 0.5) is 13.2 Å².